The molecule has 0 saturated heterocycles. The molecule has 1 aromatic rings. The molecule has 74 valence electrons. The Balaban J connectivity index is 3.67. The molecule has 0 heterocycles. The minimum Gasteiger partial charge on any atom is -0.503 e. The fourth-order valence-corrected chi connectivity index (χ4v) is 1.23. The molecule has 3 N–H and O–H groups in total. The lowest BCUT2D eigenvalue weighted by atomic mass is 10.4. The highest BCUT2D eigenvalue weighted by atomic mass is 79.9. The first-order valence-corrected chi connectivity index (χ1v) is 4.19. The third kappa shape index (κ3) is 1.82. The monoisotopic (exact) mass is 260 g/mol. The van der Waals surface area contributed by atoms with Gasteiger partial charge in [-0.1, -0.05) is 0 Å². The summed E-state index contributed by atoms with van der Waals surface area (Å²) in [5, 5.41) is 19.6. The number of aromatic hydroxyl groups is 1. The van der Waals surface area contributed by atoms with Gasteiger partial charge in [0, 0.05) is 12.1 Å². The van der Waals surface area contributed by atoms with Crippen LogP contribution in [0.15, 0.2) is 21.4 Å². The zero-order valence-electron chi connectivity index (χ0n) is 6.73. The van der Waals surface area contributed by atoms with Crippen molar-refractivity contribution >= 4 is 27.3 Å². The molecule has 0 aliphatic heterocycles. The first-order chi connectivity index (χ1) is 6.43. The Bertz CT molecular complexity index is 460. The van der Waals surface area contributed by atoms with Crippen molar-refractivity contribution in [3.8, 4) is 5.75 Å². The van der Waals surface area contributed by atoms with E-state index in [2.05, 4.69) is 15.9 Å². The molecule has 1 rings (SSSR count). The third-order valence-electron chi connectivity index (χ3n) is 1.49. The molecule has 0 radical (unpaired) electrons. The summed E-state index contributed by atoms with van der Waals surface area (Å²) in [6.07, 6.45) is 0. The van der Waals surface area contributed by atoms with Crippen molar-refractivity contribution in [2.75, 3.05) is 5.73 Å². The van der Waals surface area contributed by atoms with E-state index in [1.807, 2.05) is 0 Å². The minimum atomic E-state index is -0.843. The fourth-order valence-electron chi connectivity index (χ4n) is 0.815. The summed E-state index contributed by atoms with van der Waals surface area (Å²) in [5.41, 5.74) is 3.62. The van der Waals surface area contributed by atoms with Crippen molar-refractivity contribution < 1.29 is 10.0 Å². The lowest BCUT2D eigenvalue weighted by Gasteiger charge is -1.86. The van der Waals surface area contributed by atoms with E-state index >= 15 is 0 Å². The van der Waals surface area contributed by atoms with Crippen LogP contribution in [-0.2, 0) is 0 Å². The molecule has 1 aromatic carbocycles. The highest BCUT2D eigenvalue weighted by Crippen LogP contribution is 2.24. The Morgan fingerprint density at radius 1 is 1.50 bits per heavy atom. The van der Waals surface area contributed by atoms with Gasteiger partial charge in [0.15, 0.2) is 5.75 Å². The normalized spacial score (nSPS) is 9.79. The highest BCUT2D eigenvalue weighted by molar-refractivity contribution is 9.10. The highest BCUT2D eigenvalue weighted by Gasteiger charge is 2.12. The zero-order valence-corrected chi connectivity index (χ0v) is 8.32. The molecule has 0 aliphatic rings. The average molecular weight is 261 g/mol. The number of nitrogens with two attached hydrogens (primary N) is 1. The summed E-state index contributed by atoms with van der Waals surface area (Å²) in [4.78, 5) is 20.8. The lowest BCUT2D eigenvalue weighted by Crippen LogP contribution is -2.04. The van der Waals surface area contributed by atoms with Gasteiger partial charge in [-0.3, -0.25) is 14.9 Å². The van der Waals surface area contributed by atoms with Gasteiger partial charge >= 0.3 is 0 Å². The number of anilines is 1. The minimum absolute atomic E-state index is 0.0640. The van der Waals surface area contributed by atoms with Gasteiger partial charge in [-0.25, -0.2) is 0 Å². The Labute approximate surface area is 86.3 Å². The topological polar surface area (TPSA) is 106 Å². The Morgan fingerprint density at radius 2 is 2.07 bits per heavy atom. The maximum atomic E-state index is 11.1. The quantitative estimate of drug-likeness (QED) is 0.579. The van der Waals surface area contributed by atoms with Crippen molar-refractivity contribution in [3.63, 3.8) is 0 Å². The molecule has 0 amide bonds. The molecular weight excluding hydrogens is 256 g/mol. The SMILES string of the molecule is Nc1cc([N+](=O)[O-])cc(Br)c(O)c1=O. The van der Waals surface area contributed by atoms with Crippen LogP contribution in [0.4, 0.5) is 11.4 Å². The van der Waals surface area contributed by atoms with E-state index in [1.54, 1.807) is 0 Å². The molecule has 0 aliphatic carbocycles. The molecular formula is C7H5BrN2O4. The molecule has 0 spiro atoms. The first-order valence-electron chi connectivity index (χ1n) is 3.40. The summed E-state index contributed by atoms with van der Waals surface area (Å²) in [5.74, 6) is -0.643. The second-order valence-electron chi connectivity index (χ2n) is 2.45. The summed E-state index contributed by atoms with van der Waals surface area (Å²) in [7, 11) is 0. The largest absolute Gasteiger partial charge is 0.503 e. The predicted octanol–water partition coefficient (Wildman–Crippen LogP) is 1.01. The van der Waals surface area contributed by atoms with Crippen molar-refractivity contribution in [2.45, 2.75) is 0 Å². The fraction of sp³-hybridized carbons (Fsp3) is 0. The van der Waals surface area contributed by atoms with Crippen molar-refractivity contribution in [1.29, 1.82) is 0 Å². The van der Waals surface area contributed by atoms with Gasteiger partial charge in [0.1, 0.15) is 0 Å². The van der Waals surface area contributed by atoms with Crippen LogP contribution in [0.5, 0.6) is 5.75 Å². The summed E-state index contributed by atoms with van der Waals surface area (Å²) in [6.45, 7) is 0. The van der Waals surface area contributed by atoms with Crippen LogP contribution in [0.25, 0.3) is 0 Å². The van der Waals surface area contributed by atoms with E-state index in [0.29, 0.717) is 0 Å². The smallest absolute Gasteiger partial charge is 0.272 e. The lowest BCUT2D eigenvalue weighted by molar-refractivity contribution is -0.384. The maximum absolute atomic E-state index is 11.1. The van der Waals surface area contributed by atoms with Gasteiger partial charge in [0.05, 0.1) is 15.1 Å². The van der Waals surface area contributed by atoms with Crippen LogP contribution in [0.2, 0.25) is 0 Å². The van der Waals surface area contributed by atoms with Gasteiger partial charge in [0.2, 0.25) is 5.43 Å². The van der Waals surface area contributed by atoms with E-state index in [0.717, 1.165) is 12.1 Å². The van der Waals surface area contributed by atoms with Gasteiger partial charge < -0.3 is 10.8 Å². The van der Waals surface area contributed by atoms with Crippen LogP contribution >= 0.6 is 15.9 Å². The number of hydrogen-bond acceptors (Lipinski definition) is 5. The van der Waals surface area contributed by atoms with Crippen molar-refractivity contribution in [1.82, 2.24) is 0 Å². The third-order valence-corrected chi connectivity index (χ3v) is 2.10. The zero-order chi connectivity index (χ0) is 10.9. The maximum Gasteiger partial charge on any atom is 0.272 e. The molecule has 6 nitrogen and oxygen atoms in total. The molecule has 0 unspecified atom stereocenters. The number of hydrogen-bond donors (Lipinski definition) is 2. The van der Waals surface area contributed by atoms with Crippen molar-refractivity contribution in [3.05, 3.63) is 36.9 Å². The Morgan fingerprint density at radius 3 is 2.57 bits per heavy atom. The average Bonchev–Trinajstić information content (AvgIpc) is 2.20. The molecule has 7 heteroatoms. The van der Waals surface area contributed by atoms with Gasteiger partial charge in [-0.2, -0.15) is 0 Å². The van der Waals surface area contributed by atoms with Crippen LogP contribution < -0.4 is 11.2 Å². The van der Waals surface area contributed by atoms with Crippen LogP contribution in [-0.4, -0.2) is 10.0 Å². The van der Waals surface area contributed by atoms with Crippen LogP contribution in [0, 0.1) is 10.1 Å². The molecule has 0 aromatic heterocycles. The number of nitrogens with zero attached hydrogens (tertiary/aromatic N) is 1. The second-order valence-corrected chi connectivity index (χ2v) is 3.31. The standard InChI is InChI=1S/C7H5BrN2O4/c8-4-1-3(10(13)14)2-5(9)7(12)6(4)11/h1-2H,(H3,9,11,12). The van der Waals surface area contributed by atoms with Crippen molar-refractivity contribution in [2.24, 2.45) is 0 Å². The molecule has 0 fully saturated rings. The van der Waals surface area contributed by atoms with E-state index < -0.39 is 16.1 Å². The van der Waals surface area contributed by atoms with Crippen LogP contribution in [0.1, 0.15) is 0 Å². The van der Waals surface area contributed by atoms with E-state index in [9.17, 15) is 20.0 Å². The van der Waals surface area contributed by atoms with Gasteiger partial charge in [-0.15, -0.1) is 0 Å². The van der Waals surface area contributed by atoms with E-state index in [-0.39, 0.29) is 15.8 Å². The van der Waals surface area contributed by atoms with Crippen LogP contribution in [0.3, 0.4) is 0 Å². The number of rotatable bonds is 1. The predicted molar refractivity (Wildman–Crippen MR) is 53.1 cm³/mol. The van der Waals surface area contributed by atoms with Gasteiger partial charge in [0.25, 0.3) is 5.69 Å². The summed E-state index contributed by atoms with van der Waals surface area (Å²) >= 11 is 2.82. The van der Waals surface area contributed by atoms with E-state index in [1.165, 1.54) is 0 Å². The molecule has 0 atom stereocenters. The summed E-state index contributed by atoms with van der Waals surface area (Å²) < 4.78 is -0.0640. The first kappa shape index (κ1) is 10.5. The van der Waals surface area contributed by atoms with E-state index in [4.69, 9.17) is 5.73 Å². The Hall–Kier alpha value is -1.63. The second kappa shape index (κ2) is 3.62. The number of nitro groups is 1. The molecule has 14 heavy (non-hydrogen) atoms. The Kier molecular flexibility index (Phi) is 2.70. The van der Waals surface area contributed by atoms with Gasteiger partial charge in [-0.05, 0) is 15.9 Å². The summed E-state index contributed by atoms with van der Waals surface area (Å²) in [6, 6.07) is 1.90. The molecule has 0 saturated carbocycles. The number of nitrogen functional groups attached to an aromatic ring is 1. The number of halogens is 1. The molecule has 0 bridgehead atoms.